The molecule has 0 aliphatic carbocycles. The molecule has 0 rings (SSSR count). The van der Waals surface area contributed by atoms with Crippen LogP contribution in [0.1, 0.15) is 33.1 Å². The third-order valence-electron chi connectivity index (χ3n) is 3.31. The molecule has 0 aliphatic heterocycles. The molecule has 0 aromatic heterocycles. The standard InChI is InChI=1S/C13H32NOSi/c1-7-11-16(15-6,12-8-2)13-9-10-14(3,4)5/h7-13H2,1-6H3/q+1. The summed E-state index contributed by atoms with van der Waals surface area (Å²) < 4.78 is 7.04. The maximum atomic E-state index is 5.97. The molecular formula is C13H32NOSi+. The Hall–Kier alpha value is 0.137. The molecule has 3 heteroatoms. The molecule has 0 saturated carbocycles. The van der Waals surface area contributed by atoms with E-state index in [1.54, 1.807) is 0 Å². The minimum atomic E-state index is -1.38. The molecule has 0 fully saturated rings. The summed E-state index contributed by atoms with van der Waals surface area (Å²) >= 11 is 0. The van der Waals surface area contributed by atoms with E-state index in [0.717, 1.165) is 4.48 Å². The fourth-order valence-electron chi connectivity index (χ4n) is 2.47. The molecule has 0 aliphatic rings. The molecule has 2 nitrogen and oxygen atoms in total. The van der Waals surface area contributed by atoms with E-state index in [1.807, 2.05) is 7.11 Å². The molecule has 0 radical (unpaired) electrons. The highest BCUT2D eigenvalue weighted by Crippen LogP contribution is 2.26. The van der Waals surface area contributed by atoms with Gasteiger partial charge in [0, 0.05) is 7.11 Å². The van der Waals surface area contributed by atoms with Gasteiger partial charge in [-0.3, -0.25) is 0 Å². The summed E-state index contributed by atoms with van der Waals surface area (Å²) in [5.74, 6) is 0. The second kappa shape index (κ2) is 7.46. The van der Waals surface area contributed by atoms with E-state index in [-0.39, 0.29) is 0 Å². The lowest BCUT2D eigenvalue weighted by Crippen LogP contribution is -2.40. The molecule has 0 heterocycles. The number of nitrogens with zero attached hydrogens (tertiary/aromatic N) is 1. The van der Waals surface area contributed by atoms with E-state index in [4.69, 9.17) is 4.43 Å². The zero-order valence-corrected chi connectivity index (χ0v) is 13.3. The van der Waals surface area contributed by atoms with E-state index in [0.29, 0.717) is 0 Å². The SMILES string of the molecule is CCC[Si](CCC)(CCC[N+](C)(C)C)OC. The Labute approximate surface area is 104 Å². The van der Waals surface area contributed by atoms with E-state index >= 15 is 0 Å². The Balaban J connectivity index is 4.19. The lowest BCUT2D eigenvalue weighted by molar-refractivity contribution is -0.870. The minimum absolute atomic E-state index is 1.08. The van der Waals surface area contributed by atoms with Gasteiger partial charge in [0.25, 0.3) is 0 Å². The zero-order valence-electron chi connectivity index (χ0n) is 12.3. The van der Waals surface area contributed by atoms with Gasteiger partial charge in [-0.05, 0) is 24.6 Å². The van der Waals surface area contributed by atoms with Crippen LogP contribution >= 0.6 is 0 Å². The maximum absolute atomic E-state index is 5.97. The van der Waals surface area contributed by atoms with Crippen molar-refractivity contribution < 1.29 is 8.91 Å². The summed E-state index contributed by atoms with van der Waals surface area (Å²) in [5.41, 5.74) is 0. The van der Waals surface area contributed by atoms with Gasteiger partial charge in [0.2, 0.25) is 0 Å². The van der Waals surface area contributed by atoms with Gasteiger partial charge in [0.15, 0.2) is 8.32 Å². The minimum Gasteiger partial charge on any atom is -0.420 e. The van der Waals surface area contributed by atoms with Gasteiger partial charge >= 0.3 is 0 Å². The van der Waals surface area contributed by atoms with Gasteiger partial charge in [-0.1, -0.05) is 26.7 Å². The first kappa shape index (κ1) is 16.1. The van der Waals surface area contributed by atoms with Crippen molar-refractivity contribution in [2.75, 3.05) is 34.8 Å². The van der Waals surface area contributed by atoms with Crippen LogP contribution in [0, 0.1) is 0 Å². The highest BCUT2D eigenvalue weighted by Gasteiger charge is 2.31. The van der Waals surface area contributed by atoms with Crippen molar-refractivity contribution in [2.45, 2.75) is 51.2 Å². The highest BCUT2D eigenvalue weighted by atomic mass is 28.4. The lowest BCUT2D eigenvalue weighted by Gasteiger charge is -2.31. The molecule has 0 spiro atoms. The number of quaternary nitrogens is 1. The Kier molecular flexibility index (Phi) is 7.52. The zero-order chi connectivity index (χ0) is 12.7. The normalized spacial score (nSPS) is 13.1. The van der Waals surface area contributed by atoms with Crippen molar-refractivity contribution in [1.29, 1.82) is 0 Å². The molecule has 0 aromatic rings. The Morgan fingerprint density at radius 3 is 1.75 bits per heavy atom. The number of hydrogen-bond donors (Lipinski definition) is 0. The van der Waals surface area contributed by atoms with E-state index in [9.17, 15) is 0 Å². The summed E-state index contributed by atoms with van der Waals surface area (Å²) in [7, 11) is 7.39. The van der Waals surface area contributed by atoms with Crippen molar-refractivity contribution in [1.82, 2.24) is 0 Å². The fraction of sp³-hybridized carbons (Fsp3) is 1.00. The van der Waals surface area contributed by atoms with Crippen LogP contribution in [0.2, 0.25) is 18.1 Å². The predicted octanol–water partition coefficient (Wildman–Crippen LogP) is 3.49. The monoisotopic (exact) mass is 246 g/mol. The maximum Gasteiger partial charge on any atom is 0.192 e. The summed E-state index contributed by atoms with van der Waals surface area (Å²) in [6, 6.07) is 4.03. The van der Waals surface area contributed by atoms with Crippen LogP contribution in [-0.2, 0) is 4.43 Å². The molecular weight excluding hydrogens is 214 g/mol. The average molecular weight is 246 g/mol. The van der Waals surface area contributed by atoms with Gasteiger partial charge in [-0.15, -0.1) is 0 Å². The molecule has 0 unspecified atom stereocenters. The van der Waals surface area contributed by atoms with Gasteiger partial charge in [0.1, 0.15) is 0 Å². The van der Waals surface area contributed by atoms with Crippen LogP contribution in [0.15, 0.2) is 0 Å². The first-order valence-electron chi connectivity index (χ1n) is 6.75. The third-order valence-corrected chi connectivity index (χ3v) is 8.26. The largest absolute Gasteiger partial charge is 0.420 e. The molecule has 0 aromatic carbocycles. The lowest BCUT2D eigenvalue weighted by atomic mass is 10.4. The molecule has 0 atom stereocenters. The first-order valence-corrected chi connectivity index (χ1v) is 9.27. The summed E-state index contributed by atoms with van der Waals surface area (Å²) in [6.07, 6.45) is 3.89. The highest BCUT2D eigenvalue weighted by molar-refractivity contribution is 6.73. The molecule has 0 bridgehead atoms. The van der Waals surface area contributed by atoms with Crippen molar-refractivity contribution in [3.63, 3.8) is 0 Å². The van der Waals surface area contributed by atoms with Crippen molar-refractivity contribution in [3.05, 3.63) is 0 Å². The van der Waals surface area contributed by atoms with E-state index < -0.39 is 8.32 Å². The van der Waals surface area contributed by atoms with Gasteiger partial charge in [-0.25, -0.2) is 0 Å². The molecule has 0 N–H and O–H groups in total. The van der Waals surface area contributed by atoms with Crippen LogP contribution in [0.25, 0.3) is 0 Å². The van der Waals surface area contributed by atoms with Gasteiger partial charge in [0.05, 0.1) is 27.7 Å². The second-order valence-electron chi connectivity index (χ2n) is 6.00. The smallest absolute Gasteiger partial charge is 0.192 e. The Morgan fingerprint density at radius 2 is 1.44 bits per heavy atom. The van der Waals surface area contributed by atoms with Crippen LogP contribution < -0.4 is 0 Å². The fourth-order valence-corrected chi connectivity index (χ4v) is 6.46. The van der Waals surface area contributed by atoms with Crippen molar-refractivity contribution in [3.8, 4) is 0 Å². The first-order chi connectivity index (χ1) is 7.39. The predicted molar refractivity (Wildman–Crippen MR) is 75.3 cm³/mol. The third kappa shape index (κ3) is 6.66. The Morgan fingerprint density at radius 1 is 0.938 bits per heavy atom. The summed E-state index contributed by atoms with van der Waals surface area (Å²) in [5, 5.41) is 0. The number of hydrogen-bond acceptors (Lipinski definition) is 1. The summed E-state index contributed by atoms with van der Waals surface area (Å²) in [4.78, 5) is 0. The van der Waals surface area contributed by atoms with Crippen molar-refractivity contribution >= 4 is 8.32 Å². The van der Waals surface area contributed by atoms with E-state index in [2.05, 4.69) is 35.0 Å². The average Bonchev–Trinajstić information content (AvgIpc) is 2.16. The molecule has 0 saturated heterocycles. The summed E-state index contributed by atoms with van der Waals surface area (Å²) in [6.45, 7) is 5.85. The molecule has 0 amide bonds. The molecule has 98 valence electrons. The second-order valence-corrected chi connectivity index (χ2v) is 10.3. The van der Waals surface area contributed by atoms with Crippen LogP contribution in [-0.4, -0.2) is 47.6 Å². The van der Waals surface area contributed by atoms with E-state index in [1.165, 1.54) is 43.9 Å². The molecule has 16 heavy (non-hydrogen) atoms. The van der Waals surface area contributed by atoms with Crippen molar-refractivity contribution in [2.24, 2.45) is 0 Å². The Bertz CT molecular complexity index is 171. The van der Waals surface area contributed by atoms with Crippen LogP contribution in [0.3, 0.4) is 0 Å². The van der Waals surface area contributed by atoms with Crippen LogP contribution in [0.5, 0.6) is 0 Å². The van der Waals surface area contributed by atoms with Crippen LogP contribution in [0.4, 0.5) is 0 Å². The van der Waals surface area contributed by atoms with Gasteiger partial charge in [-0.2, -0.15) is 0 Å². The quantitative estimate of drug-likeness (QED) is 0.447. The van der Waals surface area contributed by atoms with Gasteiger partial charge < -0.3 is 8.91 Å². The topological polar surface area (TPSA) is 9.23 Å². The number of rotatable bonds is 9.